The van der Waals surface area contributed by atoms with Crippen LogP contribution in [0.5, 0.6) is 0 Å². The van der Waals surface area contributed by atoms with Gasteiger partial charge in [0.25, 0.3) is 5.91 Å². The van der Waals surface area contributed by atoms with Crippen LogP contribution in [-0.2, 0) is 4.74 Å². The topological polar surface area (TPSA) is 91.5 Å². The lowest BCUT2D eigenvalue weighted by Crippen LogP contribution is -2.48. The molecule has 25 heavy (non-hydrogen) atoms. The second kappa shape index (κ2) is 7.20. The van der Waals surface area contributed by atoms with Crippen LogP contribution in [0, 0.1) is 18.2 Å². The lowest BCUT2D eigenvalue weighted by molar-refractivity contribution is 0.0653. The molecule has 1 aliphatic heterocycles. The molecule has 1 aliphatic rings. The van der Waals surface area contributed by atoms with Crippen LogP contribution in [0.25, 0.3) is 11.3 Å². The van der Waals surface area contributed by atoms with Crippen LogP contribution in [0.4, 0.5) is 4.39 Å². The molecule has 1 saturated heterocycles. The van der Waals surface area contributed by atoms with Gasteiger partial charge in [-0.25, -0.2) is 4.39 Å². The number of rotatable bonds is 2. The Morgan fingerprint density at radius 1 is 1.40 bits per heavy atom. The van der Waals surface area contributed by atoms with Crippen LogP contribution >= 0.6 is 11.6 Å². The van der Waals surface area contributed by atoms with E-state index in [0.29, 0.717) is 26.3 Å². The summed E-state index contributed by atoms with van der Waals surface area (Å²) < 4.78 is 24.5. The molecule has 0 atom stereocenters. The fourth-order valence-corrected chi connectivity index (χ4v) is 2.82. The lowest BCUT2D eigenvalue weighted by Gasteiger charge is -2.28. The number of nitrogens with one attached hydrogen (secondary N) is 2. The summed E-state index contributed by atoms with van der Waals surface area (Å²) in [5, 5.41) is 14.4. The van der Waals surface area contributed by atoms with Crippen molar-refractivity contribution in [2.75, 3.05) is 26.3 Å². The van der Waals surface area contributed by atoms with Crippen LogP contribution in [-0.4, -0.2) is 48.2 Å². The van der Waals surface area contributed by atoms with Gasteiger partial charge < -0.3 is 14.2 Å². The van der Waals surface area contributed by atoms with Gasteiger partial charge in [0.15, 0.2) is 5.96 Å². The molecule has 1 amide bonds. The van der Waals surface area contributed by atoms with Crippen molar-refractivity contribution in [3.05, 3.63) is 40.4 Å². The molecule has 0 bridgehead atoms. The van der Waals surface area contributed by atoms with Gasteiger partial charge in [-0.15, -0.1) is 0 Å². The van der Waals surface area contributed by atoms with Crippen molar-refractivity contribution in [2.24, 2.45) is 0 Å². The van der Waals surface area contributed by atoms with E-state index < -0.39 is 11.7 Å². The predicted molar refractivity (Wildman–Crippen MR) is 89.2 cm³/mol. The maximum Gasteiger partial charge on any atom is 0.263 e. The fraction of sp³-hybridized carbons (Fsp3) is 0.312. The normalized spacial score (nSPS) is 14.4. The minimum atomic E-state index is -0.613. The number of morpholine rings is 1. The lowest BCUT2D eigenvalue weighted by atomic mass is 10.0. The van der Waals surface area contributed by atoms with Crippen molar-refractivity contribution in [3.8, 4) is 11.3 Å². The van der Waals surface area contributed by atoms with Crippen molar-refractivity contribution in [2.45, 2.75) is 6.92 Å². The van der Waals surface area contributed by atoms with Gasteiger partial charge in [0.1, 0.15) is 22.8 Å². The molecule has 7 nitrogen and oxygen atoms in total. The highest BCUT2D eigenvalue weighted by atomic mass is 35.5. The Morgan fingerprint density at radius 3 is 2.80 bits per heavy atom. The molecular weight excluding hydrogens is 351 g/mol. The Labute approximate surface area is 148 Å². The Balaban J connectivity index is 1.89. The summed E-state index contributed by atoms with van der Waals surface area (Å²) in [5.74, 6) is -1.07. The van der Waals surface area contributed by atoms with Gasteiger partial charge in [-0.3, -0.25) is 15.5 Å². The number of amides is 1. The fourth-order valence-electron chi connectivity index (χ4n) is 2.57. The number of carbonyl (C=O) groups is 1. The van der Waals surface area contributed by atoms with Crippen LogP contribution in [0.1, 0.15) is 16.1 Å². The molecule has 2 N–H and O–H groups in total. The first-order valence-electron chi connectivity index (χ1n) is 7.62. The van der Waals surface area contributed by atoms with Crippen molar-refractivity contribution >= 4 is 23.5 Å². The monoisotopic (exact) mass is 366 g/mol. The van der Waals surface area contributed by atoms with E-state index in [1.807, 2.05) is 0 Å². The number of guanidine groups is 1. The maximum absolute atomic E-state index is 14.2. The predicted octanol–water partition coefficient (Wildman–Crippen LogP) is 2.44. The molecule has 0 radical (unpaired) electrons. The number of aryl methyl sites for hydroxylation is 1. The standard InChI is InChI=1S/C16H16ClFN4O3/c1-9-12(15(23)20-16(19)22-5-7-24-8-6-22)14(21-25-9)13-10(17)3-2-4-11(13)18/h2-4H,5-8H2,1H3,(H2,19,20,23). The summed E-state index contributed by atoms with van der Waals surface area (Å²) in [6, 6.07) is 4.19. The van der Waals surface area contributed by atoms with E-state index in [-0.39, 0.29) is 33.6 Å². The Kier molecular flexibility index (Phi) is 5.00. The van der Waals surface area contributed by atoms with E-state index in [2.05, 4.69) is 10.5 Å². The zero-order valence-electron chi connectivity index (χ0n) is 13.4. The summed E-state index contributed by atoms with van der Waals surface area (Å²) in [6.07, 6.45) is 0. The molecule has 132 valence electrons. The summed E-state index contributed by atoms with van der Waals surface area (Å²) in [6.45, 7) is 3.53. The summed E-state index contributed by atoms with van der Waals surface area (Å²) in [4.78, 5) is 14.3. The number of benzene rings is 1. The average molecular weight is 367 g/mol. The third-order valence-electron chi connectivity index (χ3n) is 3.85. The molecule has 0 unspecified atom stereocenters. The number of nitrogens with zero attached hydrogens (tertiary/aromatic N) is 2. The first-order valence-corrected chi connectivity index (χ1v) is 8.00. The Bertz CT molecular complexity index is 797. The van der Waals surface area contributed by atoms with Crippen molar-refractivity contribution in [3.63, 3.8) is 0 Å². The second-order valence-electron chi connectivity index (χ2n) is 5.46. The second-order valence-corrected chi connectivity index (χ2v) is 5.87. The van der Waals surface area contributed by atoms with Crippen LogP contribution in [0.2, 0.25) is 5.02 Å². The van der Waals surface area contributed by atoms with Crippen LogP contribution in [0.15, 0.2) is 22.7 Å². The van der Waals surface area contributed by atoms with Gasteiger partial charge in [-0.1, -0.05) is 22.8 Å². The van der Waals surface area contributed by atoms with Gasteiger partial charge in [0.2, 0.25) is 0 Å². The zero-order valence-corrected chi connectivity index (χ0v) is 14.2. The number of halogens is 2. The SMILES string of the molecule is Cc1onc(-c2c(F)cccc2Cl)c1C(=O)NC(=N)N1CCOCC1. The summed E-state index contributed by atoms with van der Waals surface area (Å²) in [7, 11) is 0. The number of carbonyl (C=O) groups excluding carboxylic acids is 1. The molecular formula is C16H16ClFN4O3. The molecule has 0 spiro atoms. The molecule has 0 saturated carbocycles. The minimum absolute atomic E-state index is 0.00729. The maximum atomic E-state index is 14.2. The smallest absolute Gasteiger partial charge is 0.263 e. The van der Waals surface area contributed by atoms with Gasteiger partial charge >= 0.3 is 0 Å². The van der Waals surface area contributed by atoms with Gasteiger partial charge in [0.05, 0.1) is 23.8 Å². The molecule has 2 aromatic rings. The molecule has 9 heteroatoms. The third kappa shape index (κ3) is 3.49. The Morgan fingerprint density at radius 2 is 2.12 bits per heavy atom. The van der Waals surface area contributed by atoms with Crippen molar-refractivity contribution in [1.29, 1.82) is 5.41 Å². The third-order valence-corrected chi connectivity index (χ3v) is 4.16. The quantitative estimate of drug-likeness (QED) is 0.629. The molecule has 1 aromatic heterocycles. The number of aromatic nitrogens is 1. The van der Waals surface area contributed by atoms with E-state index in [4.69, 9.17) is 26.3 Å². The number of hydrogen-bond donors (Lipinski definition) is 2. The first-order chi connectivity index (χ1) is 12.0. The van der Waals surface area contributed by atoms with Crippen LogP contribution < -0.4 is 5.32 Å². The summed E-state index contributed by atoms with van der Waals surface area (Å²) in [5.41, 5.74) is 0.0435. The highest BCUT2D eigenvalue weighted by Crippen LogP contribution is 2.33. The van der Waals surface area contributed by atoms with Crippen LogP contribution in [0.3, 0.4) is 0 Å². The largest absolute Gasteiger partial charge is 0.378 e. The van der Waals surface area contributed by atoms with E-state index in [1.54, 1.807) is 11.8 Å². The van der Waals surface area contributed by atoms with Gasteiger partial charge in [-0.2, -0.15) is 0 Å². The highest BCUT2D eigenvalue weighted by Gasteiger charge is 2.27. The van der Waals surface area contributed by atoms with Crippen molar-refractivity contribution < 1.29 is 18.4 Å². The van der Waals surface area contributed by atoms with Gasteiger partial charge in [-0.05, 0) is 19.1 Å². The summed E-state index contributed by atoms with van der Waals surface area (Å²) >= 11 is 6.06. The van der Waals surface area contributed by atoms with Crippen molar-refractivity contribution in [1.82, 2.24) is 15.4 Å². The van der Waals surface area contributed by atoms with E-state index in [1.165, 1.54) is 18.2 Å². The van der Waals surface area contributed by atoms with Gasteiger partial charge in [0, 0.05) is 13.1 Å². The van der Waals surface area contributed by atoms with E-state index in [0.717, 1.165) is 0 Å². The number of hydrogen-bond acceptors (Lipinski definition) is 5. The molecule has 0 aliphatic carbocycles. The first kappa shape index (κ1) is 17.4. The van der Waals surface area contributed by atoms with E-state index >= 15 is 0 Å². The minimum Gasteiger partial charge on any atom is -0.378 e. The average Bonchev–Trinajstić information content (AvgIpc) is 2.97. The van der Waals surface area contributed by atoms with E-state index in [9.17, 15) is 9.18 Å². The highest BCUT2D eigenvalue weighted by molar-refractivity contribution is 6.33. The molecule has 2 heterocycles. The molecule has 1 fully saturated rings. The molecule has 1 aromatic carbocycles. The zero-order chi connectivity index (χ0) is 18.0. The molecule has 3 rings (SSSR count). The number of ether oxygens (including phenoxy) is 1. The Hall–Kier alpha value is -2.45.